The fourth-order valence-corrected chi connectivity index (χ4v) is 4.65. The molecule has 20 heavy (non-hydrogen) atoms. The molecule has 5 nitrogen and oxygen atoms in total. The molecule has 1 aromatic carbocycles. The van der Waals surface area contributed by atoms with Crippen molar-refractivity contribution in [2.75, 3.05) is 0 Å². The highest BCUT2D eigenvalue weighted by Gasteiger charge is 2.15. The van der Waals surface area contributed by atoms with Gasteiger partial charge in [0, 0.05) is 17.0 Å². The molecule has 0 fully saturated rings. The Kier molecular flexibility index (Phi) is 4.42. The highest BCUT2D eigenvalue weighted by molar-refractivity contribution is 7.90. The Balaban J connectivity index is 2.09. The summed E-state index contributed by atoms with van der Waals surface area (Å²) in [6, 6.07) is 8.84. The fraction of sp³-hybridized carbons (Fsp3) is 0.167. The van der Waals surface area contributed by atoms with Crippen molar-refractivity contribution in [2.24, 2.45) is 0 Å². The van der Waals surface area contributed by atoms with Crippen LogP contribution in [-0.4, -0.2) is 13.3 Å². The number of halogens is 1. The van der Waals surface area contributed by atoms with E-state index in [9.17, 15) is 18.5 Å². The van der Waals surface area contributed by atoms with Crippen LogP contribution in [-0.2, 0) is 21.3 Å². The van der Waals surface area contributed by atoms with Crippen molar-refractivity contribution in [3.63, 3.8) is 0 Å². The van der Waals surface area contributed by atoms with E-state index >= 15 is 0 Å². The predicted molar refractivity (Wildman–Crippen MR) is 78.8 cm³/mol. The molecular weight excluding hydrogens is 322 g/mol. The maximum Gasteiger partial charge on any atom is 0.269 e. The zero-order valence-corrected chi connectivity index (χ0v) is 12.5. The molecule has 1 aromatic heterocycles. The number of thiophene rings is 1. The first kappa shape index (κ1) is 15.0. The number of non-ortho nitro benzene ring substituents is 1. The van der Waals surface area contributed by atoms with Gasteiger partial charge in [0.05, 0.1) is 20.8 Å². The van der Waals surface area contributed by atoms with Crippen molar-refractivity contribution in [1.29, 1.82) is 0 Å². The minimum atomic E-state index is -3.33. The SMILES string of the molecule is O=[N+]([O-])c1ccc(CS(=O)(=O)Cc2ccc(Cl)s2)cc1. The molecule has 0 aliphatic rings. The van der Waals surface area contributed by atoms with E-state index in [1.807, 2.05) is 0 Å². The summed E-state index contributed by atoms with van der Waals surface area (Å²) in [5, 5.41) is 10.5. The van der Waals surface area contributed by atoms with E-state index in [-0.39, 0.29) is 17.2 Å². The van der Waals surface area contributed by atoms with E-state index in [1.165, 1.54) is 35.6 Å². The number of sulfone groups is 1. The molecule has 0 bridgehead atoms. The molecule has 0 aliphatic carbocycles. The van der Waals surface area contributed by atoms with Gasteiger partial charge in [0.2, 0.25) is 0 Å². The van der Waals surface area contributed by atoms with Crippen molar-refractivity contribution >= 4 is 38.5 Å². The van der Waals surface area contributed by atoms with Crippen molar-refractivity contribution in [3.8, 4) is 0 Å². The Morgan fingerprint density at radius 3 is 2.25 bits per heavy atom. The van der Waals surface area contributed by atoms with Crippen molar-refractivity contribution in [3.05, 3.63) is 61.3 Å². The number of nitro benzene ring substituents is 1. The van der Waals surface area contributed by atoms with Gasteiger partial charge in [-0.1, -0.05) is 23.7 Å². The molecule has 1 heterocycles. The van der Waals surface area contributed by atoms with E-state index in [4.69, 9.17) is 11.6 Å². The van der Waals surface area contributed by atoms with E-state index in [0.29, 0.717) is 14.8 Å². The maximum absolute atomic E-state index is 12.0. The summed E-state index contributed by atoms with van der Waals surface area (Å²) >= 11 is 6.98. The lowest BCUT2D eigenvalue weighted by atomic mass is 10.2. The monoisotopic (exact) mass is 331 g/mol. The molecule has 0 spiro atoms. The van der Waals surface area contributed by atoms with E-state index < -0.39 is 14.8 Å². The molecule has 2 rings (SSSR count). The largest absolute Gasteiger partial charge is 0.269 e. The van der Waals surface area contributed by atoms with Gasteiger partial charge in [0.15, 0.2) is 9.84 Å². The van der Waals surface area contributed by atoms with Gasteiger partial charge < -0.3 is 0 Å². The first-order chi connectivity index (χ1) is 9.35. The standard InChI is InChI=1S/C12H10ClNO4S2/c13-12-6-5-11(19-12)8-20(17,18)7-9-1-3-10(4-2-9)14(15)16/h1-6H,7-8H2. The topological polar surface area (TPSA) is 77.3 Å². The van der Waals surface area contributed by atoms with E-state index in [0.717, 1.165) is 0 Å². The lowest BCUT2D eigenvalue weighted by Gasteiger charge is -2.03. The quantitative estimate of drug-likeness (QED) is 0.621. The lowest BCUT2D eigenvalue weighted by Crippen LogP contribution is -2.06. The normalized spacial score (nSPS) is 11.4. The molecule has 0 radical (unpaired) electrons. The first-order valence-electron chi connectivity index (χ1n) is 5.54. The van der Waals surface area contributed by atoms with E-state index in [1.54, 1.807) is 12.1 Å². The number of rotatable bonds is 5. The summed E-state index contributed by atoms with van der Waals surface area (Å²) in [5.74, 6) is -0.234. The fourth-order valence-electron chi connectivity index (χ4n) is 1.66. The van der Waals surface area contributed by atoms with Crippen LogP contribution in [0.15, 0.2) is 36.4 Å². The van der Waals surface area contributed by atoms with Gasteiger partial charge in [-0.05, 0) is 17.7 Å². The zero-order valence-electron chi connectivity index (χ0n) is 10.2. The molecule has 0 saturated heterocycles. The van der Waals surface area contributed by atoms with Gasteiger partial charge in [-0.25, -0.2) is 8.42 Å². The van der Waals surface area contributed by atoms with Gasteiger partial charge in [-0.3, -0.25) is 10.1 Å². The Morgan fingerprint density at radius 1 is 1.10 bits per heavy atom. The summed E-state index contributed by atoms with van der Waals surface area (Å²) in [6.07, 6.45) is 0. The molecule has 0 unspecified atom stereocenters. The van der Waals surface area contributed by atoms with Gasteiger partial charge in [-0.15, -0.1) is 11.3 Å². The molecule has 0 atom stereocenters. The van der Waals surface area contributed by atoms with Crippen molar-refractivity contribution < 1.29 is 13.3 Å². The average molecular weight is 332 g/mol. The number of hydrogen-bond acceptors (Lipinski definition) is 5. The van der Waals surface area contributed by atoms with Crippen LogP contribution in [0.4, 0.5) is 5.69 Å². The van der Waals surface area contributed by atoms with Crippen molar-refractivity contribution in [2.45, 2.75) is 11.5 Å². The average Bonchev–Trinajstić information content (AvgIpc) is 2.73. The van der Waals surface area contributed by atoms with Gasteiger partial charge >= 0.3 is 0 Å². The Bertz CT molecular complexity index is 722. The van der Waals surface area contributed by atoms with E-state index in [2.05, 4.69) is 0 Å². The maximum atomic E-state index is 12.0. The third-order valence-corrected chi connectivity index (χ3v) is 5.46. The molecule has 106 valence electrons. The molecule has 0 saturated carbocycles. The third-order valence-electron chi connectivity index (χ3n) is 2.52. The Morgan fingerprint density at radius 2 is 1.75 bits per heavy atom. The molecule has 0 N–H and O–H groups in total. The van der Waals surface area contributed by atoms with Crippen LogP contribution in [0.1, 0.15) is 10.4 Å². The van der Waals surface area contributed by atoms with Crippen molar-refractivity contribution in [1.82, 2.24) is 0 Å². The smallest absolute Gasteiger partial charge is 0.258 e. The Hall–Kier alpha value is -1.44. The minimum Gasteiger partial charge on any atom is -0.258 e. The summed E-state index contributed by atoms with van der Waals surface area (Å²) in [5.41, 5.74) is 0.467. The number of nitrogens with zero attached hydrogens (tertiary/aromatic N) is 1. The second-order valence-electron chi connectivity index (χ2n) is 4.16. The van der Waals surface area contributed by atoms with Crippen LogP contribution < -0.4 is 0 Å². The summed E-state index contributed by atoms with van der Waals surface area (Å²) < 4.78 is 24.6. The Labute approximate surface area is 124 Å². The molecule has 2 aromatic rings. The summed E-state index contributed by atoms with van der Waals surface area (Å²) in [6.45, 7) is 0. The van der Waals surface area contributed by atoms with Crippen LogP contribution in [0.3, 0.4) is 0 Å². The second kappa shape index (κ2) is 5.90. The zero-order chi connectivity index (χ0) is 14.8. The summed E-state index contributed by atoms with van der Waals surface area (Å²) in [4.78, 5) is 10.7. The first-order valence-corrected chi connectivity index (χ1v) is 8.55. The number of nitro groups is 1. The number of benzene rings is 1. The van der Waals surface area contributed by atoms with Crippen LogP contribution in [0, 0.1) is 10.1 Å². The lowest BCUT2D eigenvalue weighted by molar-refractivity contribution is -0.384. The third kappa shape index (κ3) is 4.03. The van der Waals surface area contributed by atoms with Gasteiger partial charge in [0.1, 0.15) is 0 Å². The number of hydrogen-bond donors (Lipinski definition) is 0. The van der Waals surface area contributed by atoms with Crippen LogP contribution in [0.2, 0.25) is 4.34 Å². The van der Waals surface area contributed by atoms with Gasteiger partial charge in [0.25, 0.3) is 5.69 Å². The van der Waals surface area contributed by atoms with Crippen LogP contribution in [0.5, 0.6) is 0 Å². The predicted octanol–water partition coefficient (Wildman–Crippen LogP) is 3.42. The molecular formula is C12H10ClNO4S2. The minimum absolute atomic E-state index is 0.0591. The van der Waals surface area contributed by atoms with Crippen LogP contribution >= 0.6 is 22.9 Å². The van der Waals surface area contributed by atoms with Crippen LogP contribution in [0.25, 0.3) is 0 Å². The van der Waals surface area contributed by atoms with Gasteiger partial charge in [-0.2, -0.15) is 0 Å². The summed E-state index contributed by atoms with van der Waals surface area (Å²) in [7, 11) is -3.33. The molecule has 8 heteroatoms. The molecule has 0 aliphatic heterocycles. The second-order valence-corrected chi connectivity index (χ2v) is 8.03. The highest BCUT2D eigenvalue weighted by Crippen LogP contribution is 2.24. The highest BCUT2D eigenvalue weighted by atomic mass is 35.5. The molecule has 0 amide bonds.